The van der Waals surface area contributed by atoms with Gasteiger partial charge < -0.3 is 9.84 Å². The van der Waals surface area contributed by atoms with Crippen molar-refractivity contribution < 1.29 is 4.52 Å². The molecule has 20 heavy (non-hydrogen) atoms. The smallest absolute Gasteiger partial charge is 0.278 e. The minimum atomic E-state index is -0.115. The van der Waals surface area contributed by atoms with E-state index < -0.39 is 0 Å². The van der Waals surface area contributed by atoms with E-state index in [0.717, 1.165) is 30.9 Å². The van der Waals surface area contributed by atoms with Crippen molar-refractivity contribution in [2.24, 2.45) is 0 Å². The van der Waals surface area contributed by atoms with E-state index in [1.807, 2.05) is 6.07 Å². The van der Waals surface area contributed by atoms with Crippen LogP contribution in [0.15, 0.2) is 10.6 Å². The molecule has 1 unspecified atom stereocenters. The Balaban J connectivity index is 0.00000147. The minimum Gasteiger partial charge on any atom is -0.332 e. The van der Waals surface area contributed by atoms with Crippen LogP contribution in [0.3, 0.4) is 0 Å². The molecule has 7 heteroatoms. The summed E-state index contributed by atoms with van der Waals surface area (Å²) in [6.07, 6.45) is 1.14. The summed E-state index contributed by atoms with van der Waals surface area (Å²) in [5.74, 6) is 1.69. The third-order valence-corrected chi connectivity index (χ3v) is 3.41. The Labute approximate surface area is 124 Å². The van der Waals surface area contributed by atoms with Gasteiger partial charge in [0.15, 0.2) is 11.5 Å². The highest BCUT2D eigenvalue weighted by molar-refractivity contribution is 5.85. The highest BCUT2D eigenvalue weighted by Gasteiger charge is 2.24. The molecule has 110 valence electrons. The lowest BCUT2D eigenvalue weighted by Gasteiger charge is -2.10. The first-order valence-corrected chi connectivity index (χ1v) is 6.64. The average molecular weight is 298 g/mol. The van der Waals surface area contributed by atoms with Crippen molar-refractivity contribution in [1.29, 1.82) is 0 Å². The zero-order valence-corrected chi connectivity index (χ0v) is 12.8. The molecule has 1 fully saturated rings. The van der Waals surface area contributed by atoms with Crippen LogP contribution < -0.4 is 5.32 Å². The predicted octanol–water partition coefficient (Wildman–Crippen LogP) is 2.26. The van der Waals surface area contributed by atoms with Gasteiger partial charge in [0, 0.05) is 23.6 Å². The van der Waals surface area contributed by atoms with E-state index in [4.69, 9.17) is 4.52 Å². The maximum atomic E-state index is 5.29. The van der Waals surface area contributed by atoms with E-state index >= 15 is 0 Å². The number of H-pyrrole nitrogens is 1. The summed E-state index contributed by atoms with van der Waals surface area (Å²) in [6, 6.07) is 2.01. The van der Waals surface area contributed by atoms with Gasteiger partial charge in [-0.05, 0) is 19.0 Å². The van der Waals surface area contributed by atoms with Crippen molar-refractivity contribution >= 4 is 12.4 Å². The van der Waals surface area contributed by atoms with Gasteiger partial charge in [0.2, 0.25) is 0 Å². The van der Waals surface area contributed by atoms with Crippen molar-refractivity contribution in [1.82, 2.24) is 25.7 Å². The molecule has 1 aliphatic rings. The van der Waals surface area contributed by atoms with Crippen LogP contribution in [0.4, 0.5) is 0 Å². The minimum absolute atomic E-state index is 0. The van der Waals surface area contributed by atoms with Gasteiger partial charge >= 0.3 is 0 Å². The fraction of sp³-hybridized carbons (Fsp3) is 0.615. The molecule has 3 heterocycles. The molecule has 2 aromatic heterocycles. The van der Waals surface area contributed by atoms with Crippen LogP contribution in [0, 0.1) is 0 Å². The lowest BCUT2D eigenvalue weighted by atomic mass is 9.96. The number of aromatic amines is 1. The lowest BCUT2D eigenvalue weighted by Crippen LogP contribution is -2.13. The van der Waals surface area contributed by atoms with E-state index in [-0.39, 0.29) is 17.8 Å². The van der Waals surface area contributed by atoms with Crippen molar-refractivity contribution in [3.8, 4) is 11.6 Å². The van der Waals surface area contributed by atoms with Crippen molar-refractivity contribution in [2.45, 2.75) is 38.5 Å². The first-order chi connectivity index (χ1) is 9.04. The summed E-state index contributed by atoms with van der Waals surface area (Å²) in [5.41, 5.74) is 1.75. The van der Waals surface area contributed by atoms with Gasteiger partial charge in [0.1, 0.15) is 0 Å². The van der Waals surface area contributed by atoms with Gasteiger partial charge in [-0.3, -0.25) is 5.10 Å². The van der Waals surface area contributed by atoms with Crippen LogP contribution >= 0.6 is 12.4 Å². The van der Waals surface area contributed by atoms with E-state index in [0.29, 0.717) is 17.6 Å². The number of nitrogens with zero attached hydrogens (tertiary/aromatic N) is 3. The summed E-state index contributed by atoms with van der Waals surface area (Å²) in [7, 11) is 0. The molecule has 0 aromatic carbocycles. The van der Waals surface area contributed by atoms with E-state index in [1.165, 1.54) is 0 Å². The molecule has 0 saturated carbocycles. The highest BCUT2D eigenvalue weighted by atomic mass is 35.5. The summed E-state index contributed by atoms with van der Waals surface area (Å²) < 4.78 is 5.29. The third-order valence-electron chi connectivity index (χ3n) is 3.41. The Morgan fingerprint density at radius 2 is 2.15 bits per heavy atom. The molecule has 1 saturated heterocycles. The monoisotopic (exact) mass is 297 g/mol. The molecule has 0 aliphatic carbocycles. The standard InChI is InChI=1S/C13H19N5O.ClH/c1-13(2,3)12-15-11(19-18-12)10-6-9(16-17-10)8-4-5-14-7-8;/h6,8,14H,4-5,7H2,1-3H3,(H,16,17);1H. The number of aromatic nitrogens is 4. The van der Waals surface area contributed by atoms with Crippen molar-refractivity contribution in [3.63, 3.8) is 0 Å². The lowest BCUT2D eigenvalue weighted by molar-refractivity contribution is 0.401. The van der Waals surface area contributed by atoms with Gasteiger partial charge in [0.05, 0.1) is 0 Å². The molecule has 0 amide bonds. The first-order valence-electron chi connectivity index (χ1n) is 6.64. The third kappa shape index (κ3) is 2.86. The SMILES string of the molecule is CC(C)(C)c1noc(-c2cc(C3CCNC3)[nH]n2)n1.Cl. The van der Waals surface area contributed by atoms with Crippen LogP contribution in [0.1, 0.15) is 44.6 Å². The van der Waals surface area contributed by atoms with E-state index in [9.17, 15) is 0 Å². The second-order valence-electron chi connectivity index (χ2n) is 6.07. The Hall–Kier alpha value is -1.40. The number of hydrogen-bond acceptors (Lipinski definition) is 5. The largest absolute Gasteiger partial charge is 0.332 e. The van der Waals surface area contributed by atoms with Crippen LogP contribution in [-0.4, -0.2) is 33.4 Å². The number of halogens is 1. The predicted molar refractivity (Wildman–Crippen MR) is 78.1 cm³/mol. The summed E-state index contributed by atoms with van der Waals surface area (Å²) in [5, 5.41) is 14.7. The number of nitrogens with one attached hydrogen (secondary N) is 2. The zero-order chi connectivity index (χ0) is 13.5. The van der Waals surface area contributed by atoms with Crippen LogP contribution in [-0.2, 0) is 5.41 Å². The zero-order valence-electron chi connectivity index (χ0n) is 11.9. The average Bonchev–Trinajstić information content (AvgIpc) is 3.10. The highest BCUT2D eigenvalue weighted by Crippen LogP contribution is 2.26. The van der Waals surface area contributed by atoms with Gasteiger partial charge in [-0.1, -0.05) is 25.9 Å². The van der Waals surface area contributed by atoms with Crippen LogP contribution in [0.2, 0.25) is 0 Å². The molecule has 0 spiro atoms. The molecule has 1 aliphatic heterocycles. The van der Waals surface area contributed by atoms with Gasteiger partial charge in [-0.25, -0.2) is 0 Å². The molecule has 6 nitrogen and oxygen atoms in total. The first kappa shape index (κ1) is 15.0. The van der Waals surface area contributed by atoms with E-state index in [1.54, 1.807) is 0 Å². The van der Waals surface area contributed by atoms with Gasteiger partial charge in [-0.15, -0.1) is 12.4 Å². The molecule has 2 aromatic rings. The Morgan fingerprint density at radius 3 is 2.75 bits per heavy atom. The Bertz CT molecular complexity index is 565. The molecule has 3 rings (SSSR count). The van der Waals surface area contributed by atoms with Crippen molar-refractivity contribution in [3.05, 3.63) is 17.6 Å². The normalized spacial score (nSPS) is 19.1. The fourth-order valence-electron chi connectivity index (χ4n) is 2.21. The van der Waals surface area contributed by atoms with Gasteiger partial charge in [0.25, 0.3) is 5.89 Å². The van der Waals surface area contributed by atoms with Crippen LogP contribution in [0.5, 0.6) is 0 Å². The van der Waals surface area contributed by atoms with Crippen molar-refractivity contribution in [2.75, 3.05) is 13.1 Å². The second-order valence-corrected chi connectivity index (χ2v) is 6.07. The Kier molecular flexibility index (Phi) is 4.15. The number of hydrogen-bond donors (Lipinski definition) is 2. The molecule has 1 atom stereocenters. The molecule has 0 radical (unpaired) electrons. The fourth-order valence-corrected chi connectivity index (χ4v) is 2.21. The summed E-state index contributed by atoms with van der Waals surface area (Å²) in [4.78, 5) is 4.42. The summed E-state index contributed by atoms with van der Waals surface area (Å²) >= 11 is 0. The maximum Gasteiger partial charge on any atom is 0.278 e. The molecule has 0 bridgehead atoms. The molecular formula is C13H20ClN5O. The topological polar surface area (TPSA) is 79.6 Å². The van der Waals surface area contributed by atoms with Gasteiger partial charge in [-0.2, -0.15) is 10.1 Å². The maximum absolute atomic E-state index is 5.29. The molecular weight excluding hydrogens is 278 g/mol. The molecule has 2 N–H and O–H groups in total. The van der Waals surface area contributed by atoms with Crippen LogP contribution in [0.25, 0.3) is 11.6 Å². The number of rotatable bonds is 2. The summed E-state index contributed by atoms with van der Waals surface area (Å²) in [6.45, 7) is 8.23. The Morgan fingerprint density at radius 1 is 1.35 bits per heavy atom. The quantitative estimate of drug-likeness (QED) is 0.889. The van der Waals surface area contributed by atoms with E-state index in [2.05, 4.69) is 46.4 Å². The second kappa shape index (κ2) is 5.54.